The molecule has 1 heterocycles. The fourth-order valence-electron chi connectivity index (χ4n) is 3.76. The highest BCUT2D eigenvalue weighted by Gasteiger charge is 2.18. The number of nitrogens with zero attached hydrogens (tertiary/aromatic N) is 3. The van der Waals surface area contributed by atoms with Gasteiger partial charge in [-0.15, -0.1) is 0 Å². The molecule has 0 aliphatic carbocycles. The van der Waals surface area contributed by atoms with Crippen LogP contribution in [0.25, 0.3) is 6.08 Å². The number of benzene rings is 2. The molecule has 3 rings (SSSR count). The number of amides is 1. The van der Waals surface area contributed by atoms with Crippen molar-refractivity contribution in [2.75, 3.05) is 26.2 Å². The maximum absolute atomic E-state index is 12.6. The molecule has 0 atom stereocenters. The van der Waals surface area contributed by atoms with Gasteiger partial charge in [0.2, 0.25) is 5.91 Å². The molecule has 2 aromatic rings. The van der Waals surface area contributed by atoms with Crippen molar-refractivity contribution in [3.05, 3.63) is 88.5 Å². The lowest BCUT2D eigenvalue weighted by Crippen LogP contribution is -2.34. The minimum absolute atomic E-state index is 0.0431. The van der Waals surface area contributed by atoms with Crippen LogP contribution in [0.15, 0.2) is 60.7 Å². The third-order valence-corrected chi connectivity index (χ3v) is 5.50. The van der Waals surface area contributed by atoms with E-state index in [4.69, 9.17) is 5.26 Å². The molecule has 0 aromatic heterocycles. The van der Waals surface area contributed by atoms with E-state index in [1.165, 1.54) is 16.7 Å². The second kappa shape index (κ2) is 10.6. The zero-order valence-electron chi connectivity index (χ0n) is 17.8. The SMILES string of the molecule is Cc1ccc(CN2CCCN(C(=O)C=CC=Cc3ccccc3C#N)CC2)c(C)c1. The van der Waals surface area contributed by atoms with Crippen LogP contribution in [0.5, 0.6) is 0 Å². The summed E-state index contributed by atoms with van der Waals surface area (Å²) in [6.07, 6.45) is 8.03. The number of hydrogen-bond donors (Lipinski definition) is 0. The van der Waals surface area contributed by atoms with Crippen LogP contribution in [0.3, 0.4) is 0 Å². The Morgan fingerprint density at radius 1 is 1.07 bits per heavy atom. The van der Waals surface area contributed by atoms with E-state index in [2.05, 4.69) is 43.0 Å². The molecule has 1 aliphatic heterocycles. The molecule has 154 valence electrons. The van der Waals surface area contributed by atoms with E-state index < -0.39 is 0 Å². The van der Waals surface area contributed by atoms with Gasteiger partial charge in [0.15, 0.2) is 0 Å². The molecule has 0 spiro atoms. The van der Waals surface area contributed by atoms with Crippen molar-refractivity contribution in [2.24, 2.45) is 0 Å². The zero-order valence-corrected chi connectivity index (χ0v) is 17.8. The standard InChI is InChI=1S/C26H29N3O/c1-21-12-13-25(22(2)18-21)20-28-14-7-15-29(17-16-28)26(30)11-6-5-9-23-8-3-4-10-24(23)19-27/h3-6,8-13,18H,7,14-17,20H2,1-2H3. The Labute approximate surface area is 179 Å². The summed E-state index contributed by atoms with van der Waals surface area (Å²) in [7, 11) is 0. The molecule has 0 bridgehead atoms. The van der Waals surface area contributed by atoms with Crippen molar-refractivity contribution in [1.29, 1.82) is 5.26 Å². The van der Waals surface area contributed by atoms with Gasteiger partial charge in [0, 0.05) is 38.8 Å². The molecular weight excluding hydrogens is 370 g/mol. The molecule has 30 heavy (non-hydrogen) atoms. The lowest BCUT2D eigenvalue weighted by Gasteiger charge is -2.22. The molecule has 1 fully saturated rings. The van der Waals surface area contributed by atoms with E-state index in [9.17, 15) is 4.79 Å². The van der Waals surface area contributed by atoms with Gasteiger partial charge in [0.05, 0.1) is 11.6 Å². The van der Waals surface area contributed by atoms with E-state index in [0.717, 1.165) is 44.7 Å². The number of rotatable bonds is 5. The Kier molecular flexibility index (Phi) is 7.59. The first-order valence-electron chi connectivity index (χ1n) is 10.5. The largest absolute Gasteiger partial charge is 0.338 e. The summed E-state index contributed by atoms with van der Waals surface area (Å²) in [6.45, 7) is 8.65. The van der Waals surface area contributed by atoms with Crippen LogP contribution in [-0.2, 0) is 11.3 Å². The van der Waals surface area contributed by atoms with Crippen LogP contribution < -0.4 is 0 Å². The summed E-state index contributed by atoms with van der Waals surface area (Å²) in [6, 6.07) is 16.2. The molecule has 0 saturated carbocycles. The first kappa shape index (κ1) is 21.5. The van der Waals surface area contributed by atoms with E-state index >= 15 is 0 Å². The quantitative estimate of drug-likeness (QED) is 0.550. The van der Waals surface area contributed by atoms with Gasteiger partial charge in [0.25, 0.3) is 0 Å². The molecule has 2 aromatic carbocycles. The summed E-state index contributed by atoms with van der Waals surface area (Å²) in [5, 5.41) is 9.14. The number of hydrogen-bond acceptors (Lipinski definition) is 3. The predicted molar refractivity (Wildman–Crippen MR) is 122 cm³/mol. The lowest BCUT2D eigenvalue weighted by atomic mass is 10.1. The van der Waals surface area contributed by atoms with E-state index in [1.807, 2.05) is 35.3 Å². The van der Waals surface area contributed by atoms with Gasteiger partial charge in [-0.3, -0.25) is 9.69 Å². The van der Waals surface area contributed by atoms with E-state index in [1.54, 1.807) is 18.2 Å². The lowest BCUT2D eigenvalue weighted by molar-refractivity contribution is -0.125. The third kappa shape index (κ3) is 5.92. The van der Waals surface area contributed by atoms with Crippen molar-refractivity contribution in [2.45, 2.75) is 26.8 Å². The van der Waals surface area contributed by atoms with Crippen LogP contribution in [0.4, 0.5) is 0 Å². The minimum atomic E-state index is 0.0431. The fourth-order valence-corrected chi connectivity index (χ4v) is 3.76. The third-order valence-electron chi connectivity index (χ3n) is 5.50. The highest BCUT2D eigenvalue weighted by Crippen LogP contribution is 2.15. The smallest absolute Gasteiger partial charge is 0.246 e. The molecular formula is C26H29N3O. The Hall–Kier alpha value is -3.16. The highest BCUT2D eigenvalue weighted by molar-refractivity contribution is 5.88. The van der Waals surface area contributed by atoms with E-state index in [0.29, 0.717) is 5.56 Å². The first-order chi connectivity index (χ1) is 14.6. The zero-order chi connectivity index (χ0) is 21.3. The molecule has 0 radical (unpaired) electrons. The maximum Gasteiger partial charge on any atom is 0.246 e. The van der Waals surface area contributed by atoms with Crippen molar-refractivity contribution in [3.8, 4) is 6.07 Å². The Bertz CT molecular complexity index is 984. The average Bonchev–Trinajstić information content (AvgIpc) is 2.99. The maximum atomic E-state index is 12.6. The number of aryl methyl sites for hydroxylation is 2. The summed E-state index contributed by atoms with van der Waals surface area (Å²) in [5.74, 6) is 0.0431. The van der Waals surface area contributed by atoms with Gasteiger partial charge in [0.1, 0.15) is 0 Å². The number of carbonyl (C=O) groups is 1. The fraction of sp³-hybridized carbons (Fsp3) is 0.308. The molecule has 1 amide bonds. The van der Waals surface area contributed by atoms with Crippen molar-refractivity contribution in [3.63, 3.8) is 0 Å². The van der Waals surface area contributed by atoms with Crippen LogP contribution in [0.2, 0.25) is 0 Å². The first-order valence-corrected chi connectivity index (χ1v) is 10.5. The second-order valence-corrected chi connectivity index (χ2v) is 7.80. The van der Waals surface area contributed by atoms with Gasteiger partial charge in [-0.25, -0.2) is 0 Å². The Balaban J connectivity index is 1.53. The number of allylic oxidation sites excluding steroid dienone is 2. The average molecular weight is 400 g/mol. The van der Waals surface area contributed by atoms with Crippen molar-refractivity contribution >= 4 is 12.0 Å². The second-order valence-electron chi connectivity index (χ2n) is 7.80. The van der Waals surface area contributed by atoms with Crippen LogP contribution in [0, 0.1) is 25.2 Å². The molecule has 1 aliphatic rings. The predicted octanol–water partition coefficient (Wildman–Crippen LogP) is 4.48. The molecule has 4 heteroatoms. The molecule has 1 saturated heterocycles. The summed E-state index contributed by atoms with van der Waals surface area (Å²) >= 11 is 0. The van der Waals surface area contributed by atoms with Crippen LogP contribution in [0.1, 0.15) is 34.2 Å². The monoisotopic (exact) mass is 399 g/mol. The summed E-state index contributed by atoms with van der Waals surface area (Å²) < 4.78 is 0. The minimum Gasteiger partial charge on any atom is -0.338 e. The molecule has 0 N–H and O–H groups in total. The van der Waals surface area contributed by atoms with Gasteiger partial charge >= 0.3 is 0 Å². The van der Waals surface area contributed by atoms with Gasteiger partial charge < -0.3 is 4.90 Å². The number of nitriles is 1. The summed E-state index contributed by atoms with van der Waals surface area (Å²) in [5.41, 5.74) is 5.47. The van der Waals surface area contributed by atoms with E-state index in [-0.39, 0.29) is 5.91 Å². The Morgan fingerprint density at radius 2 is 1.90 bits per heavy atom. The molecule has 0 unspecified atom stereocenters. The van der Waals surface area contributed by atoms with Gasteiger partial charge in [-0.05, 0) is 43.0 Å². The summed E-state index contributed by atoms with van der Waals surface area (Å²) in [4.78, 5) is 16.9. The normalized spacial score (nSPS) is 15.4. The number of carbonyl (C=O) groups excluding carboxylic acids is 1. The van der Waals surface area contributed by atoms with Gasteiger partial charge in [-0.1, -0.05) is 60.2 Å². The van der Waals surface area contributed by atoms with Gasteiger partial charge in [-0.2, -0.15) is 5.26 Å². The van der Waals surface area contributed by atoms with Crippen molar-refractivity contribution in [1.82, 2.24) is 9.80 Å². The Morgan fingerprint density at radius 3 is 2.70 bits per heavy atom. The van der Waals surface area contributed by atoms with Crippen molar-refractivity contribution < 1.29 is 4.79 Å². The molecule has 4 nitrogen and oxygen atoms in total. The van der Waals surface area contributed by atoms with Crippen LogP contribution >= 0.6 is 0 Å². The topological polar surface area (TPSA) is 47.3 Å². The highest BCUT2D eigenvalue weighted by atomic mass is 16.2. The van der Waals surface area contributed by atoms with Crippen LogP contribution in [-0.4, -0.2) is 41.9 Å².